The fraction of sp³-hybridized carbons (Fsp3) is 0.421. The van der Waals surface area contributed by atoms with Crippen molar-refractivity contribution in [3.63, 3.8) is 0 Å². The first-order valence-corrected chi connectivity index (χ1v) is 9.11. The number of morpholine rings is 1. The number of nitrogens with zero attached hydrogens (tertiary/aromatic N) is 3. The first kappa shape index (κ1) is 22.0. The van der Waals surface area contributed by atoms with Crippen molar-refractivity contribution in [3.8, 4) is 0 Å². The number of hydrogen-bond donors (Lipinski definition) is 3. The Balaban J connectivity index is 0.000000941. The number of nitrogens with one attached hydrogen (secondary N) is 2. The molecule has 0 spiro atoms. The summed E-state index contributed by atoms with van der Waals surface area (Å²) >= 11 is 0. The highest BCUT2D eigenvalue weighted by Crippen LogP contribution is 2.22. The average molecular weight is 403 g/mol. The zero-order chi connectivity index (χ0) is 21.2. The maximum absolute atomic E-state index is 12.7. The fourth-order valence-corrected chi connectivity index (χ4v) is 2.93. The van der Waals surface area contributed by atoms with Crippen molar-refractivity contribution in [1.82, 2.24) is 25.2 Å². The van der Waals surface area contributed by atoms with E-state index in [-0.39, 0.29) is 24.9 Å². The molecule has 0 unspecified atom stereocenters. The van der Waals surface area contributed by atoms with Crippen LogP contribution in [0.3, 0.4) is 0 Å². The standard InChI is InChI=1S/C18H23N5O3.CH2O2/c1-12(2)9-23-11-20-7-14(23)8-21-18(25)17-16(22-15(24)10-26-17)13-4-3-5-19-6-13;2-1-3/h3-7,11-12,16-17H,8-10H2,1-2H3,(H,21,25)(H,22,24);1H,(H,2,3)/t16-,17+;/m1./s1. The van der Waals surface area contributed by atoms with Crippen LogP contribution in [0.1, 0.15) is 31.1 Å². The smallest absolute Gasteiger partial charge is 0.290 e. The van der Waals surface area contributed by atoms with Gasteiger partial charge >= 0.3 is 0 Å². The summed E-state index contributed by atoms with van der Waals surface area (Å²) in [7, 11) is 0. The summed E-state index contributed by atoms with van der Waals surface area (Å²) in [5.41, 5.74) is 1.65. The van der Waals surface area contributed by atoms with Gasteiger partial charge in [-0.2, -0.15) is 0 Å². The summed E-state index contributed by atoms with van der Waals surface area (Å²) in [4.78, 5) is 41.0. The molecule has 10 nitrogen and oxygen atoms in total. The number of carbonyl (C=O) groups excluding carboxylic acids is 2. The van der Waals surface area contributed by atoms with Crippen LogP contribution in [0.4, 0.5) is 0 Å². The van der Waals surface area contributed by atoms with Crippen molar-refractivity contribution in [2.24, 2.45) is 5.92 Å². The summed E-state index contributed by atoms with van der Waals surface area (Å²) in [6, 6.07) is 3.01. The predicted molar refractivity (Wildman–Crippen MR) is 102 cm³/mol. The third-order valence-electron chi connectivity index (χ3n) is 4.12. The fourth-order valence-electron chi connectivity index (χ4n) is 2.93. The Hall–Kier alpha value is -3.27. The number of hydrogen-bond acceptors (Lipinski definition) is 6. The average Bonchev–Trinajstić information content (AvgIpc) is 3.13. The number of ether oxygens (including phenoxy) is 1. The summed E-state index contributed by atoms with van der Waals surface area (Å²) in [5, 5.41) is 12.6. The molecule has 0 bridgehead atoms. The summed E-state index contributed by atoms with van der Waals surface area (Å²) in [6.45, 7) is 5.04. The predicted octanol–water partition coefficient (Wildman–Crippen LogP) is 0.507. The SMILES string of the molecule is CC(C)Cn1cncc1CNC(=O)[C@H]1OCC(=O)N[C@@H]1c1cccnc1.O=CO. The van der Waals surface area contributed by atoms with E-state index in [2.05, 4.69) is 34.4 Å². The molecule has 0 aliphatic carbocycles. The second kappa shape index (κ2) is 10.9. The minimum Gasteiger partial charge on any atom is -0.483 e. The van der Waals surface area contributed by atoms with Crippen molar-refractivity contribution in [1.29, 1.82) is 0 Å². The lowest BCUT2D eigenvalue weighted by Gasteiger charge is -2.31. The maximum atomic E-state index is 12.7. The quantitative estimate of drug-likeness (QED) is 0.598. The van der Waals surface area contributed by atoms with E-state index in [1.54, 1.807) is 31.0 Å². The molecule has 2 aromatic heterocycles. The van der Waals surface area contributed by atoms with Gasteiger partial charge in [-0.05, 0) is 17.5 Å². The summed E-state index contributed by atoms with van der Waals surface area (Å²) in [6.07, 6.45) is 5.96. The molecule has 2 amide bonds. The molecule has 1 aliphatic heterocycles. The zero-order valence-electron chi connectivity index (χ0n) is 16.3. The van der Waals surface area contributed by atoms with Gasteiger partial charge in [-0.1, -0.05) is 19.9 Å². The van der Waals surface area contributed by atoms with Gasteiger partial charge in [-0.25, -0.2) is 4.98 Å². The number of imidazole rings is 1. The Morgan fingerprint density at radius 2 is 2.21 bits per heavy atom. The van der Waals surface area contributed by atoms with Gasteiger partial charge in [0.25, 0.3) is 12.4 Å². The van der Waals surface area contributed by atoms with E-state index in [9.17, 15) is 9.59 Å². The Labute approximate surface area is 168 Å². The Morgan fingerprint density at radius 3 is 2.86 bits per heavy atom. The molecule has 2 aromatic rings. The van der Waals surface area contributed by atoms with Gasteiger partial charge in [0.1, 0.15) is 6.61 Å². The zero-order valence-corrected chi connectivity index (χ0v) is 16.3. The molecule has 0 aromatic carbocycles. The Bertz CT molecular complexity index is 808. The van der Waals surface area contributed by atoms with Gasteiger partial charge in [-0.3, -0.25) is 19.4 Å². The van der Waals surface area contributed by atoms with Crippen molar-refractivity contribution in [2.45, 2.75) is 39.1 Å². The Morgan fingerprint density at radius 1 is 1.45 bits per heavy atom. The molecule has 2 atom stereocenters. The van der Waals surface area contributed by atoms with E-state index in [1.165, 1.54) is 0 Å². The molecule has 1 aliphatic rings. The van der Waals surface area contributed by atoms with Crippen LogP contribution in [0.5, 0.6) is 0 Å². The lowest BCUT2D eigenvalue weighted by molar-refractivity contribution is -0.148. The van der Waals surface area contributed by atoms with Crippen LogP contribution < -0.4 is 10.6 Å². The van der Waals surface area contributed by atoms with Crippen LogP contribution >= 0.6 is 0 Å². The van der Waals surface area contributed by atoms with E-state index in [4.69, 9.17) is 14.6 Å². The van der Waals surface area contributed by atoms with E-state index < -0.39 is 12.1 Å². The molecule has 10 heteroatoms. The molecule has 1 fully saturated rings. The summed E-state index contributed by atoms with van der Waals surface area (Å²) in [5.74, 6) is -0.0560. The molecule has 29 heavy (non-hydrogen) atoms. The van der Waals surface area contributed by atoms with Gasteiger partial charge in [-0.15, -0.1) is 0 Å². The van der Waals surface area contributed by atoms with E-state index in [1.807, 2.05) is 10.6 Å². The van der Waals surface area contributed by atoms with E-state index in [0.29, 0.717) is 12.5 Å². The van der Waals surface area contributed by atoms with Gasteiger partial charge < -0.3 is 25.0 Å². The molecule has 3 heterocycles. The minimum atomic E-state index is -0.807. The monoisotopic (exact) mass is 403 g/mol. The molecule has 3 rings (SSSR count). The highest BCUT2D eigenvalue weighted by atomic mass is 16.5. The van der Waals surface area contributed by atoms with Crippen LogP contribution in [0.25, 0.3) is 0 Å². The summed E-state index contributed by atoms with van der Waals surface area (Å²) < 4.78 is 7.53. The second-order valence-corrected chi connectivity index (χ2v) is 6.82. The van der Waals surface area contributed by atoms with Crippen LogP contribution in [0.15, 0.2) is 37.1 Å². The second-order valence-electron chi connectivity index (χ2n) is 6.82. The third-order valence-corrected chi connectivity index (χ3v) is 4.12. The van der Waals surface area contributed by atoms with E-state index in [0.717, 1.165) is 17.8 Å². The van der Waals surface area contributed by atoms with Crippen LogP contribution in [0.2, 0.25) is 0 Å². The first-order chi connectivity index (χ1) is 14.0. The van der Waals surface area contributed by atoms with Crippen LogP contribution in [-0.2, 0) is 32.2 Å². The van der Waals surface area contributed by atoms with Gasteiger partial charge in [0.15, 0.2) is 6.10 Å². The number of aromatic nitrogens is 3. The highest BCUT2D eigenvalue weighted by molar-refractivity contribution is 5.86. The van der Waals surface area contributed by atoms with Crippen LogP contribution in [0, 0.1) is 5.92 Å². The topological polar surface area (TPSA) is 135 Å². The molecule has 0 saturated carbocycles. The number of carbonyl (C=O) groups is 3. The lowest BCUT2D eigenvalue weighted by atomic mass is 10.0. The number of rotatable bonds is 6. The van der Waals surface area contributed by atoms with Gasteiger partial charge in [0.05, 0.1) is 24.6 Å². The van der Waals surface area contributed by atoms with Gasteiger partial charge in [0, 0.05) is 25.1 Å². The van der Waals surface area contributed by atoms with Crippen LogP contribution in [-0.4, -0.2) is 50.6 Å². The maximum Gasteiger partial charge on any atom is 0.290 e. The van der Waals surface area contributed by atoms with E-state index >= 15 is 0 Å². The normalized spacial score (nSPS) is 18.4. The number of carboxylic acid groups (broad SMARTS) is 1. The molecule has 0 radical (unpaired) electrons. The molecule has 3 N–H and O–H groups in total. The molecular weight excluding hydrogens is 378 g/mol. The van der Waals surface area contributed by atoms with Gasteiger partial charge in [0.2, 0.25) is 5.91 Å². The Kier molecular flexibility index (Phi) is 8.28. The minimum absolute atomic E-state index is 0.139. The van der Waals surface area contributed by atoms with Crippen molar-refractivity contribution < 1.29 is 24.2 Å². The first-order valence-electron chi connectivity index (χ1n) is 9.11. The molecule has 1 saturated heterocycles. The molecule has 156 valence electrons. The van der Waals surface area contributed by atoms with Crippen molar-refractivity contribution in [2.75, 3.05) is 6.61 Å². The molecular formula is C19H25N5O5. The van der Waals surface area contributed by atoms with Crippen molar-refractivity contribution >= 4 is 18.3 Å². The van der Waals surface area contributed by atoms with Crippen molar-refractivity contribution in [3.05, 3.63) is 48.3 Å². The number of amides is 2. The number of pyridine rings is 1. The highest BCUT2D eigenvalue weighted by Gasteiger charge is 2.36. The largest absolute Gasteiger partial charge is 0.483 e. The lowest BCUT2D eigenvalue weighted by Crippen LogP contribution is -2.52. The third kappa shape index (κ3) is 6.39.